The third-order valence-electron chi connectivity index (χ3n) is 6.12. The molecule has 1 amide bonds. The number of aryl methyl sites for hydroxylation is 1. The molecule has 1 aliphatic heterocycles. The molecule has 3 aromatic carbocycles. The smallest absolute Gasteiger partial charge is 0.227 e. The maximum Gasteiger partial charge on any atom is 0.227 e. The van der Waals surface area contributed by atoms with E-state index in [2.05, 4.69) is 17.6 Å². The highest BCUT2D eigenvalue weighted by Gasteiger charge is 2.35. The third kappa shape index (κ3) is 3.50. The molecular formula is C26H24FN3O. The van der Waals surface area contributed by atoms with Crippen molar-refractivity contribution in [3.63, 3.8) is 0 Å². The van der Waals surface area contributed by atoms with Crippen molar-refractivity contribution in [1.29, 1.82) is 0 Å². The van der Waals surface area contributed by atoms with Crippen LogP contribution in [0, 0.1) is 5.82 Å². The van der Waals surface area contributed by atoms with Gasteiger partial charge in [-0.2, -0.15) is 0 Å². The molecule has 1 saturated heterocycles. The van der Waals surface area contributed by atoms with E-state index >= 15 is 0 Å². The minimum Gasteiger partial charge on any atom is -0.323 e. The highest BCUT2D eigenvalue weighted by Crippen LogP contribution is 2.35. The van der Waals surface area contributed by atoms with Crippen molar-refractivity contribution in [1.82, 2.24) is 9.55 Å². The van der Waals surface area contributed by atoms with E-state index in [1.165, 1.54) is 6.07 Å². The minimum absolute atomic E-state index is 0.0448. The Labute approximate surface area is 181 Å². The van der Waals surface area contributed by atoms with Gasteiger partial charge < -0.3 is 9.47 Å². The summed E-state index contributed by atoms with van der Waals surface area (Å²) in [4.78, 5) is 19.8. The largest absolute Gasteiger partial charge is 0.323 e. The molecule has 1 atom stereocenters. The van der Waals surface area contributed by atoms with Gasteiger partial charge in [0, 0.05) is 30.1 Å². The number of hydrogen-bond acceptors (Lipinski definition) is 2. The zero-order valence-corrected chi connectivity index (χ0v) is 17.5. The van der Waals surface area contributed by atoms with Crippen molar-refractivity contribution in [2.75, 3.05) is 11.4 Å². The number of hydrogen-bond donors (Lipinski definition) is 0. The Morgan fingerprint density at radius 1 is 0.968 bits per heavy atom. The third-order valence-corrected chi connectivity index (χ3v) is 6.12. The van der Waals surface area contributed by atoms with E-state index in [0.717, 1.165) is 34.5 Å². The van der Waals surface area contributed by atoms with Gasteiger partial charge in [0.15, 0.2) is 0 Å². The molecule has 1 fully saturated rings. The lowest BCUT2D eigenvalue weighted by Crippen LogP contribution is -2.25. The molecular weight excluding hydrogens is 389 g/mol. The van der Waals surface area contributed by atoms with Crippen molar-refractivity contribution in [2.45, 2.75) is 32.2 Å². The van der Waals surface area contributed by atoms with Crippen molar-refractivity contribution in [2.24, 2.45) is 0 Å². The van der Waals surface area contributed by atoms with Gasteiger partial charge in [-0.25, -0.2) is 9.37 Å². The van der Waals surface area contributed by atoms with Gasteiger partial charge in [0.2, 0.25) is 5.91 Å². The number of para-hydroxylation sites is 3. The summed E-state index contributed by atoms with van der Waals surface area (Å²) in [7, 11) is 0. The molecule has 156 valence electrons. The fourth-order valence-electron chi connectivity index (χ4n) is 4.56. The van der Waals surface area contributed by atoms with Gasteiger partial charge in [-0.3, -0.25) is 4.79 Å². The van der Waals surface area contributed by atoms with E-state index in [1.54, 1.807) is 12.1 Å². The maximum atomic E-state index is 14.4. The monoisotopic (exact) mass is 413 g/mol. The van der Waals surface area contributed by atoms with E-state index in [9.17, 15) is 9.18 Å². The first-order valence-corrected chi connectivity index (χ1v) is 10.7. The first-order chi connectivity index (χ1) is 15.2. The SMILES string of the molecule is CCc1ccccc1N1C[C@@H](c2nc3ccccc3n2Cc2ccccc2F)CC1=O. The van der Waals surface area contributed by atoms with E-state index in [0.29, 0.717) is 25.1 Å². The Balaban J connectivity index is 1.55. The summed E-state index contributed by atoms with van der Waals surface area (Å²) in [5, 5.41) is 0. The number of amides is 1. The predicted octanol–water partition coefficient (Wildman–Crippen LogP) is 5.31. The summed E-state index contributed by atoms with van der Waals surface area (Å²) in [6.07, 6.45) is 1.27. The van der Waals surface area contributed by atoms with Gasteiger partial charge in [-0.1, -0.05) is 55.5 Å². The molecule has 4 nitrogen and oxygen atoms in total. The van der Waals surface area contributed by atoms with Gasteiger partial charge in [-0.05, 0) is 36.2 Å². The Hall–Kier alpha value is -3.47. The van der Waals surface area contributed by atoms with Crippen LogP contribution in [0.5, 0.6) is 0 Å². The topological polar surface area (TPSA) is 38.1 Å². The lowest BCUT2D eigenvalue weighted by atomic mass is 10.1. The standard InChI is InChI=1S/C26H24FN3O/c1-2-18-9-4-7-13-23(18)29-17-20(15-25(29)31)26-28-22-12-6-8-14-24(22)30(26)16-19-10-3-5-11-21(19)27/h3-14,20H,2,15-17H2,1H3/t20-/m0/s1. The molecule has 31 heavy (non-hydrogen) atoms. The fraction of sp³-hybridized carbons (Fsp3) is 0.231. The molecule has 0 unspecified atom stereocenters. The molecule has 0 radical (unpaired) electrons. The van der Waals surface area contributed by atoms with Gasteiger partial charge in [-0.15, -0.1) is 0 Å². The van der Waals surface area contributed by atoms with E-state index in [-0.39, 0.29) is 17.6 Å². The van der Waals surface area contributed by atoms with Crippen LogP contribution < -0.4 is 4.90 Å². The number of halogens is 1. The molecule has 1 aliphatic rings. The summed E-state index contributed by atoms with van der Waals surface area (Å²) < 4.78 is 16.5. The summed E-state index contributed by atoms with van der Waals surface area (Å²) in [6, 6.07) is 22.8. The highest BCUT2D eigenvalue weighted by atomic mass is 19.1. The Morgan fingerprint density at radius 3 is 2.48 bits per heavy atom. The average molecular weight is 413 g/mol. The second-order valence-electron chi connectivity index (χ2n) is 8.02. The van der Waals surface area contributed by atoms with Crippen LogP contribution in [0.1, 0.15) is 36.2 Å². The van der Waals surface area contributed by atoms with E-state index < -0.39 is 0 Å². The average Bonchev–Trinajstić information content (AvgIpc) is 3.36. The lowest BCUT2D eigenvalue weighted by molar-refractivity contribution is -0.117. The number of imidazole rings is 1. The highest BCUT2D eigenvalue weighted by molar-refractivity contribution is 5.97. The maximum absolute atomic E-state index is 14.4. The minimum atomic E-state index is -0.229. The molecule has 1 aromatic heterocycles. The first-order valence-electron chi connectivity index (χ1n) is 10.7. The number of rotatable bonds is 5. The molecule has 0 spiro atoms. The first kappa shape index (κ1) is 19.5. The molecule has 5 rings (SSSR count). The molecule has 0 N–H and O–H groups in total. The van der Waals surface area contributed by atoms with Crippen molar-refractivity contribution >= 4 is 22.6 Å². The second kappa shape index (κ2) is 7.99. The predicted molar refractivity (Wildman–Crippen MR) is 121 cm³/mol. The quantitative estimate of drug-likeness (QED) is 0.445. The lowest BCUT2D eigenvalue weighted by Gasteiger charge is -2.20. The number of fused-ring (bicyclic) bond motifs is 1. The van der Waals surface area contributed by atoms with Crippen LogP contribution in [-0.4, -0.2) is 22.0 Å². The molecule has 0 bridgehead atoms. The molecule has 0 saturated carbocycles. The second-order valence-corrected chi connectivity index (χ2v) is 8.02. The zero-order valence-electron chi connectivity index (χ0n) is 17.5. The molecule has 0 aliphatic carbocycles. The van der Waals surface area contributed by atoms with Crippen molar-refractivity contribution < 1.29 is 9.18 Å². The zero-order chi connectivity index (χ0) is 21.4. The van der Waals surface area contributed by atoms with Gasteiger partial charge in [0.05, 0.1) is 17.6 Å². The Bertz CT molecular complexity index is 1260. The molecule has 5 heteroatoms. The summed E-state index contributed by atoms with van der Waals surface area (Å²) in [6.45, 7) is 3.07. The van der Waals surface area contributed by atoms with Gasteiger partial charge >= 0.3 is 0 Å². The van der Waals surface area contributed by atoms with E-state index in [1.807, 2.05) is 53.4 Å². The molecule has 2 heterocycles. The number of carbonyl (C=O) groups excluding carboxylic acids is 1. The number of aromatic nitrogens is 2. The van der Waals surface area contributed by atoms with Crippen LogP contribution in [0.4, 0.5) is 10.1 Å². The fourth-order valence-corrected chi connectivity index (χ4v) is 4.56. The number of anilines is 1. The Morgan fingerprint density at radius 2 is 1.68 bits per heavy atom. The van der Waals surface area contributed by atoms with Crippen LogP contribution in [0.3, 0.4) is 0 Å². The molecule has 4 aromatic rings. The van der Waals surface area contributed by atoms with Gasteiger partial charge in [0.25, 0.3) is 0 Å². The summed E-state index contributed by atoms with van der Waals surface area (Å²) >= 11 is 0. The summed E-state index contributed by atoms with van der Waals surface area (Å²) in [5.74, 6) is 0.675. The van der Waals surface area contributed by atoms with Crippen LogP contribution in [0.2, 0.25) is 0 Å². The number of benzene rings is 3. The van der Waals surface area contributed by atoms with Gasteiger partial charge in [0.1, 0.15) is 11.6 Å². The summed E-state index contributed by atoms with van der Waals surface area (Å²) in [5.41, 5.74) is 4.59. The normalized spacial score (nSPS) is 16.4. The van der Waals surface area contributed by atoms with Crippen LogP contribution in [-0.2, 0) is 17.8 Å². The van der Waals surface area contributed by atoms with Crippen molar-refractivity contribution in [3.8, 4) is 0 Å². The van der Waals surface area contributed by atoms with E-state index in [4.69, 9.17) is 4.98 Å². The van der Waals surface area contributed by atoms with Crippen LogP contribution >= 0.6 is 0 Å². The van der Waals surface area contributed by atoms with Crippen LogP contribution in [0.15, 0.2) is 72.8 Å². The number of carbonyl (C=O) groups is 1. The Kier molecular flexibility index (Phi) is 5.02. The number of nitrogens with zero attached hydrogens (tertiary/aromatic N) is 3. The van der Waals surface area contributed by atoms with Crippen LogP contribution in [0.25, 0.3) is 11.0 Å². The van der Waals surface area contributed by atoms with Crippen molar-refractivity contribution in [3.05, 3.63) is 95.6 Å².